The lowest BCUT2D eigenvalue weighted by Gasteiger charge is -2.16. The highest BCUT2D eigenvalue weighted by molar-refractivity contribution is 7.60. The van der Waals surface area contributed by atoms with E-state index in [1.807, 2.05) is 6.92 Å². The van der Waals surface area contributed by atoms with Gasteiger partial charge < -0.3 is 14.7 Å². The van der Waals surface area contributed by atoms with Crippen LogP contribution in [0.5, 0.6) is 0 Å². The van der Waals surface area contributed by atoms with Gasteiger partial charge in [0.05, 0.1) is 6.61 Å². The number of hydrogen-bond acceptors (Lipinski definition) is 4. The summed E-state index contributed by atoms with van der Waals surface area (Å²) in [5.41, 5.74) is 0. The molecule has 0 aromatic rings. The van der Waals surface area contributed by atoms with Gasteiger partial charge in [-0.3, -0.25) is 4.52 Å². The first-order valence-corrected chi connectivity index (χ1v) is 11.7. The standard InChI is InChI=1S/C15H34O7P2/c1-13(2)7-5-8-14(3)9-6-10-15(4)11-12-21-24(19,20)22-23(16,17)18/h13-15H,5-12H2,1-4H3,(H,19,20)(H2,16,17,18)/t14-,15-/m1/s1. The van der Waals surface area contributed by atoms with Gasteiger partial charge in [0.15, 0.2) is 0 Å². The Balaban J connectivity index is 3.78. The average Bonchev–Trinajstić information content (AvgIpc) is 2.34. The van der Waals surface area contributed by atoms with Crippen molar-refractivity contribution in [1.82, 2.24) is 0 Å². The van der Waals surface area contributed by atoms with Gasteiger partial charge in [-0.1, -0.05) is 66.2 Å². The van der Waals surface area contributed by atoms with Crippen LogP contribution in [0.3, 0.4) is 0 Å². The lowest BCUT2D eigenvalue weighted by molar-refractivity contribution is 0.169. The molecule has 24 heavy (non-hydrogen) atoms. The monoisotopic (exact) mass is 388 g/mol. The fourth-order valence-electron chi connectivity index (χ4n) is 2.51. The Morgan fingerprint density at radius 3 is 1.71 bits per heavy atom. The maximum atomic E-state index is 11.3. The van der Waals surface area contributed by atoms with E-state index in [4.69, 9.17) is 14.7 Å². The summed E-state index contributed by atoms with van der Waals surface area (Å²) >= 11 is 0. The Hall–Kier alpha value is 0.260. The van der Waals surface area contributed by atoms with Crippen LogP contribution in [-0.4, -0.2) is 21.3 Å². The van der Waals surface area contributed by atoms with E-state index in [0.717, 1.165) is 18.8 Å². The Labute approximate surface area is 146 Å². The lowest BCUT2D eigenvalue weighted by Crippen LogP contribution is -2.03. The second-order valence-electron chi connectivity index (χ2n) is 7.13. The zero-order valence-electron chi connectivity index (χ0n) is 15.3. The molecule has 0 aromatic carbocycles. The normalized spacial score (nSPS) is 17.7. The van der Waals surface area contributed by atoms with Crippen LogP contribution in [0.1, 0.15) is 72.6 Å². The van der Waals surface area contributed by atoms with Crippen molar-refractivity contribution in [1.29, 1.82) is 0 Å². The highest BCUT2D eigenvalue weighted by atomic mass is 31.3. The van der Waals surface area contributed by atoms with Gasteiger partial charge in [-0.25, -0.2) is 9.13 Å². The minimum absolute atomic E-state index is 0.0705. The summed E-state index contributed by atoms with van der Waals surface area (Å²) in [6.45, 7) is 8.71. The van der Waals surface area contributed by atoms with Crippen LogP contribution in [0.2, 0.25) is 0 Å². The fraction of sp³-hybridized carbons (Fsp3) is 1.00. The van der Waals surface area contributed by atoms with Crippen LogP contribution in [0.15, 0.2) is 0 Å². The van der Waals surface area contributed by atoms with Crippen molar-refractivity contribution in [3.8, 4) is 0 Å². The summed E-state index contributed by atoms with van der Waals surface area (Å²) < 4.78 is 30.1. The van der Waals surface area contributed by atoms with Crippen molar-refractivity contribution in [3.05, 3.63) is 0 Å². The SMILES string of the molecule is CC(C)CCC[C@@H](C)CCC[C@@H](C)CCOP(=O)(O)OP(=O)(O)O. The molecular formula is C15H34O7P2. The van der Waals surface area contributed by atoms with E-state index in [0.29, 0.717) is 18.3 Å². The molecule has 0 rings (SSSR count). The van der Waals surface area contributed by atoms with E-state index in [-0.39, 0.29) is 6.61 Å². The molecule has 1 unspecified atom stereocenters. The largest absolute Gasteiger partial charge is 0.481 e. The third-order valence-corrected chi connectivity index (χ3v) is 6.13. The molecule has 3 N–H and O–H groups in total. The van der Waals surface area contributed by atoms with E-state index in [1.165, 1.54) is 25.7 Å². The van der Waals surface area contributed by atoms with Crippen LogP contribution < -0.4 is 0 Å². The molecule has 0 bridgehead atoms. The van der Waals surface area contributed by atoms with Gasteiger partial charge >= 0.3 is 15.6 Å². The molecule has 7 nitrogen and oxygen atoms in total. The molecular weight excluding hydrogens is 354 g/mol. The van der Waals surface area contributed by atoms with Crippen LogP contribution in [0.4, 0.5) is 0 Å². The maximum Gasteiger partial charge on any atom is 0.481 e. The number of rotatable bonds is 14. The summed E-state index contributed by atoms with van der Waals surface area (Å²) in [5.74, 6) is 1.78. The van der Waals surface area contributed by atoms with E-state index in [1.54, 1.807) is 0 Å². The smallest absolute Gasteiger partial charge is 0.302 e. The highest BCUT2D eigenvalue weighted by Crippen LogP contribution is 2.57. The Kier molecular flexibility index (Phi) is 11.9. The third kappa shape index (κ3) is 15.8. The van der Waals surface area contributed by atoms with Gasteiger partial charge in [-0.2, -0.15) is 4.31 Å². The molecule has 0 aliphatic heterocycles. The van der Waals surface area contributed by atoms with Gasteiger partial charge in [0, 0.05) is 0 Å². The van der Waals surface area contributed by atoms with Crippen molar-refractivity contribution in [2.75, 3.05) is 6.61 Å². The first-order chi connectivity index (χ1) is 10.9. The van der Waals surface area contributed by atoms with E-state index in [2.05, 4.69) is 29.6 Å². The van der Waals surface area contributed by atoms with Crippen molar-refractivity contribution in [2.24, 2.45) is 17.8 Å². The van der Waals surface area contributed by atoms with Crippen LogP contribution in [0.25, 0.3) is 0 Å². The summed E-state index contributed by atoms with van der Waals surface area (Å²) in [4.78, 5) is 26.1. The fourth-order valence-corrected chi connectivity index (χ4v) is 4.11. The van der Waals surface area contributed by atoms with Gasteiger partial charge in [-0.15, -0.1) is 0 Å². The molecule has 0 amide bonds. The lowest BCUT2D eigenvalue weighted by atomic mass is 9.93. The Morgan fingerprint density at radius 2 is 1.25 bits per heavy atom. The molecule has 0 aromatic heterocycles. The summed E-state index contributed by atoms with van der Waals surface area (Å²) in [6.07, 6.45) is 7.60. The van der Waals surface area contributed by atoms with Crippen molar-refractivity contribution < 1.29 is 32.6 Å². The molecule has 3 atom stereocenters. The average molecular weight is 388 g/mol. The molecule has 0 spiro atoms. The van der Waals surface area contributed by atoms with Crippen LogP contribution in [0, 0.1) is 17.8 Å². The van der Waals surface area contributed by atoms with Crippen molar-refractivity contribution in [3.63, 3.8) is 0 Å². The molecule has 0 saturated carbocycles. The van der Waals surface area contributed by atoms with Crippen LogP contribution >= 0.6 is 15.6 Å². The molecule has 0 heterocycles. The quantitative estimate of drug-likeness (QED) is 0.364. The zero-order valence-corrected chi connectivity index (χ0v) is 17.0. The summed E-state index contributed by atoms with van der Waals surface area (Å²) in [7, 11) is -9.73. The first-order valence-electron chi connectivity index (χ1n) is 8.65. The van der Waals surface area contributed by atoms with Crippen molar-refractivity contribution in [2.45, 2.75) is 72.6 Å². The minimum Gasteiger partial charge on any atom is -0.302 e. The molecule has 0 fully saturated rings. The Morgan fingerprint density at radius 1 is 0.792 bits per heavy atom. The molecule has 0 aliphatic carbocycles. The van der Waals surface area contributed by atoms with Gasteiger partial charge in [-0.05, 0) is 24.2 Å². The maximum absolute atomic E-state index is 11.3. The highest BCUT2D eigenvalue weighted by Gasteiger charge is 2.32. The van der Waals surface area contributed by atoms with Gasteiger partial charge in [0.1, 0.15) is 0 Å². The predicted molar refractivity (Wildman–Crippen MR) is 94.4 cm³/mol. The van der Waals surface area contributed by atoms with Gasteiger partial charge in [0.25, 0.3) is 0 Å². The number of phosphoric acid groups is 2. The predicted octanol–water partition coefficient (Wildman–Crippen LogP) is 4.87. The summed E-state index contributed by atoms with van der Waals surface area (Å²) in [6, 6.07) is 0. The van der Waals surface area contributed by atoms with Crippen LogP contribution in [-0.2, 0) is 18.0 Å². The van der Waals surface area contributed by atoms with E-state index in [9.17, 15) is 9.13 Å². The van der Waals surface area contributed by atoms with Gasteiger partial charge in [0.2, 0.25) is 0 Å². The van der Waals surface area contributed by atoms with E-state index < -0.39 is 15.6 Å². The number of phosphoric ester groups is 1. The molecule has 146 valence electrons. The molecule has 0 saturated heterocycles. The second-order valence-corrected chi connectivity index (χ2v) is 9.96. The topological polar surface area (TPSA) is 113 Å². The number of hydrogen-bond donors (Lipinski definition) is 3. The first kappa shape index (κ1) is 24.3. The third-order valence-electron chi connectivity index (χ3n) is 3.95. The molecule has 9 heteroatoms. The minimum atomic E-state index is -5.03. The molecule has 0 radical (unpaired) electrons. The van der Waals surface area contributed by atoms with Crippen molar-refractivity contribution >= 4 is 15.6 Å². The summed E-state index contributed by atoms with van der Waals surface area (Å²) in [5, 5.41) is 0. The molecule has 0 aliphatic rings. The second kappa shape index (κ2) is 11.8. The van der Waals surface area contributed by atoms with E-state index >= 15 is 0 Å². The zero-order chi connectivity index (χ0) is 18.8. The Bertz CT molecular complexity index is 422.